The van der Waals surface area contributed by atoms with Crippen molar-refractivity contribution in [3.8, 4) is 6.07 Å². The van der Waals surface area contributed by atoms with Crippen LogP contribution in [0.2, 0.25) is 0 Å². The fraction of sp³-hybridized carbons (Fsp3) is 0. The molecule has 0 amide bonds. The fourth-order valence-corrected chi connectivity index (χ4v) is 2.50. The van der Waals surface area contributed by atoms with Crippen molar-refractivity contribution in [1.82, 2.24) is 0 Å². The zero-order valence-electron chi connectivity index (χ0n) is 10.5. The summed E-state index contributed by atoms with van der Waals surface area (Å²) in [7, 11) is 0. The smallest absolute Gasteiger partial charge is 0.335 e. The van der Waals surface area contributed by atoms with E-state index < -0.39 is 10.9 Å². The van der Waals surface area contributed by atoms with Crippen molar-refractivity contribution in [3.63, 3.8) is 0 Å². The van der Waals surface area contributed by atoms with E-state index in [2.05, 4.69) is 0 Å². The minimum absolute atomic E-state index is 0.133. The third kappa shape index (κ3) is 3.38. The molecule has 104 valence electrons. The van der Waals surface area contributed by atoms with Crippen LogP contribution in [0.25, 0.3) is 0 Å². The molecular formula is C14H8N2O4S. The van der Waals surface area contributed by atoms with Gasteiger partial charge in [-0.05, 0) is 36.4 Å². The maximum atomic E-state index is 11.0. The van der Waals surface area contributed by atoms with Gasteiger partial charge in [0.1, 0.15) is 0 Å². The van der Waals surface area contributed by atoms with Crippen LogP contribution in [0, 0.1) is 21.4 Å². The van der Waals surface area contributed by atoms with Gasteiger partial charge in [0.2, 0.25) is 0 Å². The number of carbonyl (C=O) groups is 1. The van der Waals surface area contributed by atoms with Gasteiger partial charge in [0.05, 0.1) is 27.0 Å². The highest BCUT2D eigenvalue weighted by atomic mass is 32.2. The second-order valence-electron chi connectivity index (χ2n) is 3.98. The zero-order chi connectivity index (χ0) is 15.4. The van der Waals surface area contributed by atoms with Gasteiger partial charge in [0.25, 0.3) is 5.69 Å². The number of nitriles is 1. The number of hydrogen-bond acceptors (Lipinski definition) is 5. The molecule has 0 bridgehead atoms. The molecule has 0 saturated carbocycles. The zero-order valence-corrected chi connectivity index (χ0v) is 11.3. The molecule has 0 aromatic heterocycles. The molecular weight excluding hydrogens is 292 g/mol. The Labute approximate surface area is 123 Å². The summed E-state index contributed by atoms with van der Waals surface area (Å²) in [6.07, 6.45) is 0. The van der Waals surface area contributed by atoms with Crippen LogP contribution >= 0.6 is 11.8 Å². The second kappa shape index (κ2) is 6.07. The van der Waals surface area contributed by atoms with Crippen LogP contribution in [-0.2, 0) is 0 Å². The number of rotatable bonds is 4. The predicted octanol–water partition coefficient (Wildman–Crippen LogP) is 3.32. The van der Waals surface area contributed by atoms with Gasteiger partial charge in [-0.1, -0.05) is 11.8 Å². The second-order valence-corrected chi connectivity index (χ2v) is 5.10. The molecule has 0 spiro atoms. The number of nitro benzene ring substituents is 1. The Balaban J connectivity index is 2.36. The van der Waals surface area contributed by atoms with Crippen LogP contribution in [-0.4, -0.2) is 16.0 Å². The molecule has 0 radical (unpaired) electrons. The largest absolute Gasteiger partial charge is 0.478 e. The minimum Gasteiger partial charge on any atom is -0.478 e. The van der Waals surface area contributed by atoms with Crippen molar-refractivity contribution in [2.45, 2.75) is 9.79 Å². The number of carboxylic acids is 1. The van der Waals surface area contributed by atoms with Gasteiger partial charge in [-0.15, -0.1) is 0 Å². The Morgan fingerprint density at radius 2 is 1.90 bits per heavy atom. The first-order chi connectivity index (χ1) is 10.0. The molecule has 2 rings (SSSR count). The van der Waals surface area contributed by atoms with E-state index in [1.807, 2.05) is 6.07 Å². The van der Waals surface area contributed by atoms with Crippen LogP contribution in [0.4, 0.5) is 5.69 Å². The molecule has 0 aliphatic carbocycles. The van der Waals surface area contributed by atoms with E-state index in [4.69, 9.17) is 10.4 Å². The monoisotopic (exact) mass is 300 g/mol. The first-order valence-corrected chi connectivity index (χ1v) is 6.52. The third-order valence-electron chi connectivity index (χ3n) is 2.61. The molecule has 21 heavy (non-hydrogen) atoms. The summed E-state index contributed by atoms with van der Waals surface area (Å²) < 4.78 is 0. The van der Waals surface area contributed by atoms with E-state index >= 15 is 0 Å². The summed E-state index contributed by atoms with van der Waals surface area (Å²) in [4.78, 5) is 22.4. The van der Waals surface area contributed by atoms with Crippen molar-refractivity contribution in [2.75, 3.05) is 0 Å². The summed E-state index contributed by atoms with van der Waals surface area (Å²) in [5.74, 6) is -1.21. The molecule has 0 aliphatic heterocycles. The van der Waals surface area contributed by atoms with Gasteiger partial charge in [-0.2, -0.15) is 5.26 Å². The standard InChI is InChI=1S/C14H8N2O4S/c15-8-9-1-4-11(5-2-9)21-13-6-3-10(14(17)18)7-12(13)16(19)20/h1-7H,(H,17,18). The molecule has 6 nitrogen and oxygen atoms in total. The van der Waals surface area contributed by atoms with Crippen LogP contribution < -0.4 is 0 Å². The molecule has 0 heterocycles. The van der Waals surface area contributed by atoms with Gasteiger partial charge in [0, 0.05) is 11.0 Å². The van der Waals surface area contributed by atoms with Gasteiger partial charge in [0.15, 0.2) is 0 Å². The molecule has 0 fully saturated rings. The number of benzene rings is 2. The van der Waals surface area contributed by atoms with Crippen LogP contribution in [0.1, 0.15) is 15.9 Å². The lowest BCUT2D eigenvalue weighted by Gasteiger charge is -2.04. The summed E-state index contributed by atoms with van der Waals surface area (Å²) >= 11 is 1.14. The highest BCUT2D eigenvalue weighted by Gasteiger charge is 2.18. The quantitative estimate of drug-likeness (QED) is 0.686. The Kier molecular flexibility index (Phi) is 4.21. The first-order valence-electron chi connectivity index (χ1n) is 5.71. The number of nitro groups is 1. The molecule has 0 atom stereocenters. The molecule has 0 unspecified atom stereocenters. The van der Waals surface area contributed by atoms with Crippen molar-refractivity contribution >= 4 is 23.4 Å². The van der Waals surface area contributed by atoms with Gasteiger partial charge >= 0.3 is 5.97 Å². The number of hydrogen-bond donors (Lipinski definition) is 1. The molecule has 0 saturated heterocycles. The van der Waals surface area contributed by atoms with E-state index in [9.17, 15) is 14.9 Å². The summed E-state index contributed by atoms with van der Waals surface area (Å²) in [6, 6.07) is 12.3. The summed E-state index contributed by atoms with van der Waals surface area (Å²) in [5, 5.41) is 28.6. The van der Waals surface area contributed by atoms with E-state index in [1.54, 1.807) is 24.3 Å². The van der Waals surface area contributed by atoms with E-state index in [1.165, 1.54) is 12.1 Å². The van der Waals surface area contributed by atoms with Gasteiger partial charge in [-0.3, -0.25) is 10.1 Å². The molecule has 2 aromatic carbocycles. The maximum Gasteiger partial charge on any atom is 0.335 e. The lowest BCUT2D eigenvalue weighted by molar-refractivity contribution is -0.387. The SMILES string of the molecule is N#Cc1ccc(Sc2ccc(C(=O)O)cc2[N+](=O)[O-])cc1. The highest BCUT2D eigenvalue weighted by molar-refractivity contribution is 7.99. The van der Waals surface area contributed by atoms with Crippen LogP contribution in [0.5, 0.6) is 0 Å². The van der Waals surface area contributed by atoms with E-state index in [-0.39, 0.29) is 11.3 Å². The Hall–Kier alpha value is -2.85. The average Bonchev–Trinajstić information content (AvgIpc) is 2.48. The Morgan fingerprint density at radius 1 is 1.24 bits per heavy atom. The van der Waals surface area contributed by atoms with Crippen molar-refractivity contribution < 1.29 is 14.8 Å². The molecule has 7 heteroatoms. The van der Waals surface area contributed by atoms with Crippen molar-refractivity contribution in [2.24, 2.45) is 0 Å². The van der Waals surface area contributed by atoms with E-state index in [0.29, 0.717) is 10.5 Å². The summed E-state index contributed by atoms with van der Waals surface area (Å²) in [5.41, 5.74) is 0.102. The lowest BCUT2D eigenvalue weighted by Crippen LogP contribution is -1.99. The normalized spacial score (nSPS) is 9.86. The third-order valence-corrected chi connectivity index (χ3v) is 3.69. The fourth-order valence-electron chi connectivity index (χ4n) is 1.60. The minimum atomic E-state index is -1.21. The Bertz CT molecular complexity index is 751. The highest BCUT2D eigenvalue weighted by Crippen LogP contribution is 2.35. The summed E-state index contributed by atoms with van der Waals surface area (Å²) in [6.45, 7) is 0. The first kappa shape index (κ1) is 14.6. The molecule has 2 aromatic rings. The maximum absolute atomic E-state index is 11.0. The lowest BCUT2D eigenvalue weighted by atomic mass is 10.2. The van der Waals surface area contributed by atoms with Gasteiger partial charge < -0.3 is 5.11 Å². The van der Waals surface area contributed by atoms with Crippen LogP contribution in [0.3, 0.4) is 0 Å². The topological polar surface area (TPSA) is 104 Å². The van der Waals surface area contributed by atoms with Crippen molar-refractivity contribution in [3.05, 3.63) is 63.7 Å². The van der Waals surface area contributed by atoms with Gasteiger partial charge in [-0.25, -0.2) is 4.79 Å². The number of nitrogens with zero attached hydrogens (tertiary/aromatic N) is 2. The predicted molar refractivity (Wildman–Crippen MR) is 75.3 cm³/mol. The number of aromatic carboxylic acids is 1. The van der Waals surface area contributed by atoms with Crippen molar-refractivity contribution in [1.29, 1.82) is 5.26 Å². The Morgan fingerprint density at radius 3 is 2.43 bits per heavy atom. The number of carboxylic acid groups (broad SMARTS) is 1. The van der Waals surface area contributed by atoms with Crippen LogP contribution in [0.15, 0.2) is 52.3 Å². The van der Waals surface area contributed by atoms with E-state index in [0.717, 1.165) is 22.7 Å². The average molecular weight is 300 g/mol. The molecule has 1 N–H and O–H groups in total. The molecule has 0 aliphatic rings.